The van der Waals surface area contributed by atoms with Gasteiger partial charge in [0.25, 0.3) is 0 Å². The van der Waals surface area contributed by atoms with E-state index in [9.17, 15) is 4.79 Å². The highest BCUT2D eigenvalue weighted by Crippen LogP contribution is 2.31. The van der Waals surface area contributed by atoms with Gasteiger partial charge >= 0.3 is 6.03 Å². The highest BCUT2D eigenvalue weighted by molar-refractivity contribution is 5.90. The second-order valence-electron chi connectivity index (χ2n) is 8.30. The van der Waals surface area contributed by atoms with Gasteiger partial charge in [-0.25, -0.2) is 9.78 Å². The number of carbonyl (C=O) groups excluding carboxylic acids is 1. The molecule has 2 amide bonds. The molecular formula is C23H29N5O3. The average Bonchev–Trinajstić information content (AvgIpc) is 3.38. The molecule has 1 saturated heterocycles. The maximum Gasteiger partial charge on any atom is 0.321 e. The summed E-state index contributed by atoms with van der Waals surface area (Å²) in [4.78, 5) is 23.9. The van der Waals surface area contributed by atoms with Gasteiger partial charge in [-0.05, 0) is 18.4 Å². The Morgan fingerprint density at radius 1 is 1.23 bits per heavy atom. The molecule has 1 aliphatic rings. The molecule has 0 saturated carbocycles. The van der Waals surface area contributed by atoms with E-state index >= 15 is 0 Å². The average molecular weight is 424 g/mol. The Bertz CT molecular complexity index is 1060. The minimum absolute atomic E-state index is 0.133. The van der Waals surface area contributed by atoms with Crippen LogP contribution in [0.2, 0.25) is 0 Å². The molecule has 0 spiro atoms. The molecule has 0 radical (unpaired) electrons. The summed E-state index contributed by atoms with van der Waals surface area (Å²) in [7, 11) is 3.18. The smallest absolute Gasteiger partial charge is 0.321 e. The summed E-state index contributed by atoms with van der Waals surface area (Å²) < 4.78 is 12.9. The van der Waals surface area contributed by atoms with E-state index in [1.807, 2.05) is 17.2 Å². The van der Waals surface area contributed by atoms with Crippen LogP contribution in [0.15, 0.2) is 36.7 Å². The molecule has 8 heteroatoms. The lowest BCUT2D eigenvalue weighted by molar-refractivity contribution is 0.222. The van der Waals surface area contributed by atoms with Crippen LogP contribution in [0.5, 0.6) is 11.5 Å². The van der Waals surface area contributed by atoms with Gasteiger partial charge < -0.3 is 24.3 Å². The standard InChI is InChI=1S/C23H29N5O3/c1-15(2)13-28-21-12-24-7-5-20(21)26-22(28)16-6-8-27(14-16)23(29)25-17-9-18(30-3)11-19(10-17)31-4/h5,7,9-12,15-16H,6,8,13-14H2,1-4H3,(H,25,29). The van der Waals surface area contributed by atoms with Crippen LogP contribution >= 0.6 is 0 Å². The van der Waals surface area contributed by atoms with Crippen molar-refractivity contribution in [3.05, 3.63) is 42.5 Å². The van der Waals surface area contributed by atoms with Crippen LogP contribution in [0.4, 0.5) is 10.5 Å². The molecule has 4 rings (SSSR count). The lowest BCUT2D eigenvalue weighted by Gasteiger charge is -2.19. The van der Waals surface area contributed by atoms with E-state index in [0.29, 0.717) is 36.2 Å². The summed E-state index contributed by atoms with van der Waals surface area (Å²) in [5.74, 6) is 2.97. The highest BCUT2D eigenvalue weighted by atomic mass is 16.5. The van der Waals surface area contributed by atoms with Crippen molar-refractivity contribution >= 4 is 22.8 Å². The fraction of sp³-hybridized carbons (Fsp3) is 0.435. The lowest BCUT2D eigenvalue weighted by atomic mass is 10.1. The van der Waals surface area contributed by atoms with Crippen LogP contribution in [-0.2, 0) is 6.54 Å². The number of carbonyl (C=O) groups is 1. The SMILES string of the molecule is COc1cc(NC(=O)N2CCC(c3nc4ccncc4n3CC(C)C)C2)cc(OC)c1. The highest BCUT2D eigenvalue weighted by Gasteiger charge is 2.31. The van der Waals surface area contributed by atoms with Gasteiger partial charge in [-0.1, -0.05) is 13.8 Å². The van der Waals surface area contributed by atoms with E-state index < -0.39 is 0 Å². The van der Waals surface area contributed by atoms with E-state index in [1.165, 1.54) is 0 Å². The molecule has 8 nitrogen and oxygen atoms in total. The first-order valence-corrected chi connectivity index (χ1v) is 10.6. The number of anilines is 1. The molecule has 3 heterocycles. The monoisotopic (exact) mass is 423 g/mol. The van der Waals surface area contributed by atoms with Crippen molar-refractivity contribution in [1.82, 2.24) is 19.4 Å². The first-order valence-electron chi connectivity index (χ1n) is 10.6. The zero-order valence-electron chi connectivity index (χ0n) is 18.5. The number of aromatic nitrogens is 3. The Kier molecular flexibility index (Phi) is 5.97. The quantitative estimate of drug-likeness (QED) is 0.645. The summed E-state index contributed by atoms with van der Waals surface area (Å²) in [5.41, 5.74) is 2.65. The number of hydrogen-bond donors (Lipinski definition) is 1. The number of rotatable bonds is 6. The zero-order chi connectivity index (χ0) is 22.0. The molecular weight excluding hydrogens is 394 g/mol. The summed E-state index contributed by atoms with van der Waals surface area (Å²) in [5, 5.41) is 2.97. The van der Waals surface area contributed by atoms with Crippen molar-refractivity contribution in [3.63, 3.8) is 0 Å². The van der Waals surface area contributed by atoms with E-state index in [0.717, 1.165) is 29.8 Å². The third-order valence-corrected chi connectivity index (χ3v) is 5.57. The fourth-order valence-corrected chi connectivity index (χ4v) is 4.09. The Morgan fingerprint density at radius 2 is 1.97 bits per heavy atom. The second-order valence-corrected chi connectivity index (χ2v) is 8.30. The second kappa shape index (κ2) is 8.83. The van der Waals surface area contributed by atoms with Gasteiger partial charge in [0.1, 0.15) is 17.3 Å². The summed E-state index contributed by atoms with van der Waals surface area (Å²) in [6.07, 6.45) is 4.53. The number of methoxy groups -OCH3 is 2. The predicted octanol–water partition coefficient (Wildman–Crippen LogP) is 4.13. The van der Waals surface area contributed by atoms with Gasteiger partial charge in [-0.2, -0.15) is 0 Å². The maximum atomic E-state index is 12.9. The Hall–Kier alpha value is -3.29. The molecule has 164 valence electrons. The van der Waals surface area contributed by atoms with Crippen molar-refractivity contribution in [3.8, 4) is 11.5 Å². The molecule has 1 aliphatic heterocycles. The topological polar surface area (TPSA) is 81.5 Å². The number of ether oxygens (including phenoxy) is 2. The van der Waals surface area contributed by atoms with Crippen LogP contribution in [0.25, 0.3) is 11.0 Å². The molecule has 1 fully saturated rings. The van der Waals surface area contributed by atoms with Gasteiger partial charge in [-0.3, -0.25) is 4.98 Å². The maximum absolute atomic E-state index is 12.9. The van der Waals surface area contributed by atoms with Crippen molar-refractivity contribution in [2.45, 2.75) is 32.7 Å². The predicted molar refractivity (Wildman–Crippen MR) is 120 cm³/mol. The minimum Gasteiger partial charge on any atom is -0.497 e. The summed E-state index contributed by atoms with van der Waals surface area (Å²) in [6, 6.07) is 7.15. The number of amides is 2. The van der Waals surface area contributed by atoms with Crippen molar-refractivity contribution < 1.29 is 14.3 Å². The normalized spacial score (nSPS) is 16.2. The van der Waals surface area contributed by atoms with Crippen LogP contribution in [0, 0.1) is 5.92 Å². The number of nitrogens with zero attached hydrogens (tertiary/aromatic N) is 4. The fourth-order valence-electron chi connectivity index (χ4n) is 4.09. The Labute approximate surface area is 182 Å². The van der Waals surface area contributed by atoms with Gasteiger partial charge in [0.15, 0.2) is 0 Å². The molecule has 1 atom stereocenters. The van der Waals surface area contributed by atoms with Gasteiger partial charge in [0, 0.05) is 55.6 Å². The summed E-state index contributed by atoms with van der Waals surface area (Å²) >= 11 is 0. The molecule has 0 bridgehead atoms. The number of pyridine rings is 1. The zero-order valence-corrected chi connectivity index (χ0v) is 18.5. The van der Waals surface area contributed by atoms with Crippen LogP contribution < -0.4 is 14.8 Å². The lowest BCUT2D eigenvalue weighted by Crippen LogP contribution is -2.33. The number of nitrogens with one attached hydrogen (secondary N) is 1. The van der Waals surface area contributed by atoms with Crippen LogP contribution in [0.3, 0.4) is 0 Å². The minimum atomic E-state index is -0.133. The van der Waals surface area contributed by atoms with E-state index in [-0.39, 0.29) is 11.9 Å². The Balaban J connectivity index is 1.51. The first kappa shape index (κ1) is 21.0. The Morgan fingerprint density at radius 3 is 2.65 bits per heavy atom. The number of hydrogen-bond acceptors (Lipinski definition) is 5. The molecule has 0 aliphatic carbocycles. The number of likely N-dealkylation sites (tertiary alicyclic amines) is 1. The van der Waals surface area contributed by atoms with Gasteiger partial charge in [0.2, 0.25) is 0 Å². The third-order valence-electron chi connectivity index (χ3n) is 5.57. The van der Waals surface area contributed by atoms with Crippen LogP contribution in [-0.4, -0.2) is 52.8 Å². The molecule has 31 heavy (non-hydrogen) atoms. The third kappa shape index (κ3) is 4.42. The van der Waals surface area contributed by atoms with Gasteiger partial charge in [-0.15, -0.1) is 0 Å². The number of fused-ring (bicyclic) bond motifs is 1. The molecule has 1 N–H and O–H groups in total. The van der Waals surface area contributed by atoms with E-state index in [4.69, 9.17) is 14.5 Å². The van der Waals surface area contributed by atoms with E-state index in [2.05, 4.69) is 28.7 Å². The molecule has 3 aromatic rings. The summed E-state index contributed by atoms with van der Waals surface area (Å²) in [6.45, 7) is 6.58. The molecule has 1 unspecified atom stereocenters. The number of imidazole rings is 1. The van der Waals surface area contributed by atoms with Gasteiger partial charge in [0.05, 0.1) is 31.4 Å². The largest absolute Gasteiger partial charge is 0.497 e. The van der Waals surface area contributed by atoms with Crippen molar-refractivity contribution in [2.24, 2.45) is 5.92 Å². The number of benzene rings is 1. The van der Waals surface area contributed by atoms with Crippen molar-refractivity contribution in [2.75, 3.05) is 32.6 Å². The first-order chi connectivity index (χ1) is 15.0. The molecule has 2 aromatic heterocycles. The van der Waals surface area contributed by atoms with Crippen molar-refractivity contribution in [1.29, 1.82) is 0 Å². The number of urea groups is 1. The van der Waals surface area contributed by atoms with E-state index in [1.54, 1.807) is 38.6 Å². The van der Waals surface area contributed by atoms with Crippen LogP contribution in [0.1, 0.15) is 32.0 Å². The molecule has 1 aromatic carbocycles.